The molecule has 0 amide bonds. The molecule has 0 radical (unpaired) electrons. The highest BCUT2D eigenvalue weighted by atomic mass is 16.5. The highest BCUT2D eigenvalue weighted by molar-refractivity contribution is 5.88. The van der Waals surface area contributed by atoms with Gasteiger partial charge in [0.15, 0.2) is 11.4 Å². The van der Waals surface area contributed by atoms with Crippen molar-refractivity contribution in [2.75, 3.05) is 7.11 Å². The summed E-state index contributed by atoms with van der Waals surface area (Å²) in [6.45, 7) is 10.7. The van der Waals surface area contributed by atoms with Crippen molar-refractivity contribution in [3.05, 3.63) is 82.3 Å². The van der Waals surface area contributed by atoms with Crippen LogP contribution in [0.5, 0.6) is 5.75 Å². The fourth-order valence-electron chi connectivity index (χ4n) is 3.94. The Morgan fingerprint density at radius 1 is 1.21 bits per heavy atom. The van der Waals surface area contributed by atoms with Crippen LogP contribution >= 0.6 is 0 Å². The molecule has 1 heterocycles. The second-order valence-electron chi connectivity index (χ2n) is 9.23. The molecule has 6 nitrogen and oxygen atoms in total. The lowest BCUT2D eigenvalue weighted by atomic mass is 9.72. The molecule has 1 aromatic heterocycles. The van der Waals surface area contributed by atoms with E-state index in [1.165, 1.54) is 55.9 Å². The minimum absolute atomic E-state index is 0.0367. The van der Waals surface area contributed by atoms with Gasteiger partial charge in [-0.2, -0.15) is 0 Å². The van der Waals surface area contributed by atoms with Crippen molar-refractivity contribution < 1.29 is 24.2 Å². The molecule has 0 aromatic carbocycles. The lowest BCUT2D eigenvalue weighted by Crippen LogP contribution is -2.19. The van der Waals surface area contributed by atoms with E-state index in [0.717, 1.165) is 11.1 Å². The lowest BCUT2D eigenvalue weighted by Gasteiger charge is -2.32. The van der Waals surface area contributed by atoms with Crippen LogP contribution in [0.15, 0.2) is 71.0 Å². The SMILES string of the molecule is COc1cc(COC(=O)/C=C(C)/C=C/C=C(C)/C=C/C2=C(C)CCCC2(C)C)cnc1C(=O)O. The molecule has 0 atom stereocenters. The van der Waals surface area contributed by atoms with E-state index < -0.39 is 11.9 Å². The summed E-state index contributed by atoms with van der Waals surface area (Å²) >= 11 is 0. The third-order valence-electron chi connectivity index (χ3n) is 5.83. The summed E-state index contributed by atoms with van der Waals surface area (Å²) in [7, 11) is 1.36. The summed E-state index contributed by atoms with van der Waals surface area (Å²) < 4.78 is 10.3. The maximum atomic E-state index is 12.1. The number of ether oxygens (including phenoxy) is 2. The number of aromatic nitrogens is 1. The third-order valence-corrected chi connectivity index (χ3v) is 5.83. The molecule has 0 fully saturated rings. The number of allylic oxidation sites excluding steroid dienone is 9. The number of rotatable bonds is 9. The van der Waals surface area contributed by atoms with Gasteiger partial charge in [-0.05, 0) is 62.7 Å². The van der Waals surface area contributed by atoms with Gasteiger partial charge in [0.25, 0.3) is 0 Å². The van der Waals surface area contributed by atoms with E-state index in [1.807, 2.05) is 25.2 Å². The van der Waals surface area contributed by atoms with Crippen molar-refractivity contribution in [1.29, 1.82) is 0 Å². The number of hydrogen-bond donors (Lipinski definition) is 1. The van der Waals surface area contributed by atoms with Gasteiger partial charge in [0.1, 0.15) is 6.61 Å². The number of carbonyl (C=O) groups excluding carboxylic acids is 1. The maximum Gasteiger partial charge on any atom is 0.358 e. The van der Waals surface area contributed by atoms with Crippen LogP contribution in [0.4, 0.5) is 0 Å². The highest BCUT2D eigenvalue weighted by Crippen LogP contribution is 2.40. The molecule has 2 rings (SSSR count). The zero-order valence-electron chi connectivity index (χ0n) is 21.0. The summed E-state index contributed by atoms with van der Waals surface area (Å²) in [5.74, 6) is -1.56. The first-order valence-corrected chi connectivity index (χ1v) is 11.4. The Morgan fingerprint density at radius 3 is 2.59 bits per heavy atom. The average molecular weight is 466 g/mol. The minimum Gasteiger partial charge on any atom is -0.494 e. The van der Waals surface area contributed by atoms with Crippen LogP contribution in [-0.2, 0) is 16.1 Å². The molecule has 0 saturated heterocycles. The molecule has 0 aliphatic heterocycles. The number of esters is 1. The first kappa shape index (κ1) is 26.8. The Kier molecular flexibility index (Phi) is 9.60. The van der Waals surface area contributed by atoms with E-state index in [-0.39, 0.29) is 23.5 Å². The highest BCUT2D eigenvalue weighted by Gasteiger charge is 2.26. The van der Waals surface area contributed by atoms with Gasteiger partial charge in [0.2, 0.25) is 0 Å². The summed E-state index contributed by atoms with van der Waals surface area (Å²) in [5.41, 5.74) is 5.34. The van der Waals surface area contributed by atoms with Gasteiger partial charge in [0.05, 0.1) is 7.11 Å². The van der Waals surface area contributed by atoms with Crippen LogP contribution in [-0.4, -0.2) is 29.1 Å². The fraction of sp³-hybridized carbons (Fsp3) is 0.393. The molecule has 0 saturated carbocycles. The van der Waals surface area contributed by atoms with Crippen molar-refractivity contribution in [3.8, 4) is 5.75 Å². The second kappa shape index (κ2) is 12.2. The molecule has 0 bridgehead atoms. The second-order valence-corrected chi connectivity index (χ2v) is 9.23. The predicted octanol–water partition coefficient (Wildman–Crippen LogP) is 6.36. The predicted molar refractivity (Wildman–Crippen MR) is 134 cm³/mol. The molecule has 1 aromatic rings. The van der Waals surface area contributed by atoms with Gasteiger partial charge in [-0.15, -0.1) is 0 Å². The van der Waals surface area contributed by atoms with Crippen molar-refractivity contribution in [2.45, 2.75) is 60.5 Å². The third kappa shape index (κ3) is 7.87. The summed E-state index contributed by atoms with van der Waals surface area (Å²) in [5, 5.41) is 9.08. The number of carboxylic acids is 1. The van der Waals surface area contributed by atoms with E-state index in [9.17, 15) is 9.59 Å². The van der Waals surface area contributed by atoms with Gasteiger partial charge in [-0.3, -0.25) is 0 Å². The number of pyridine rings is 1. The van der Waals surface area contributed by atoms with Crippen LogP contribution < -0.4 is 4.74 Å². The number of methoxy groups -OCH3 is 1. The van der Waals surface area contributed by atoms with E-state index in [1.54, 1.807) is 0 Å². The molecular formula is C28H35NO5. The molecule has 1 aliphatic carbocycles. The number of aromatic carboxylic acids is 1. The Bertz CT molecular complexity index is 1070. The number of hydrogen-bond acceptors (Lipinski definition) is 5. The zero-order chi connectivity index (χ0) is 25.3. The van der Waals surface area contributed by atoms with Crippen molar-refractivity contribution >= 4 is 11.9 Å². The maximum absolute atomic E-state index is 12.1. The Hall–Kier alpha value is -3.41. The van der Waals surface area contributed by atoms with E-state index in [4.69, 9.17) is 14.6 Å². The Morgan fingerprint density at radius 2 is 1.94 bits per heavy atom. The lowest BCUT2D eigenvalue weighted by molar-refractivity contribution is -0.139. The van der Waals surface area contributed by atoms with Crippen LogP contribution in [0.25, 0.3) is 0 Å². The number of carbonyl (C=O) groups is 2. The Balaban J connectivity index is 1.94. The number of carboxylic acid groups (broad SMARTS) is 1. The molecule has 0 unspecified atom stereocenters. The normalized spacial score (nSPS) is 16.9. The first-order chi connectivity index (χ1) is 16.0. The van der Waals surface area contributed by atoms with Gasteiger partial charge >= 0.3 is 11.9 Å². The monoisotopic (exact) mass is 465 g/mol. The topological polar surface area (TPSA) is 85.7 Å². The van der Waals surface area contributed by atoms with E-state index in [2.05, 4.69) is 44.8 Å². The van der Waals surface area contributed by atoms with Crippen molar-refractivity contribution in [1.82, 2.24) is 4.98 Å². The summed E-state index contributed by atoms with van der Waals surface area (Å²) in [4.78, 5) is 27.1. The average Bonchev–Trinajstić information content (AvgIpc) is 2.76. The van der Waals surface area contributed by atoms with Gasteiger partial charge in [0, 0.05) is 17.8 Å². The molecule has 0 spiro atoms. The smallest absolute Gasteiger partial charge is 0.358 e. The summed E-state index contributed by atoms with van der Waals surface area (Å²) in [6, 6.07) is 1.49. The molecule has 6 heteroatoms. The van der Waals surface area contributed by atoms with Crippen molar-refractivity contribution in [2.24, 2.45) is 5.41 Å². The van der Waals surface area contributed by atoms with Crippen LogP contribution in [0.3, 0.4) is 0 Å². The molecule has 182 valence electrons. The quantitative estimate of drug-likeness (QED) is 0.259. The zero-order valence-corrected chi connectivity index (χ0v) is 21.0. The number of nitrogens with zero attached hydrogens (tertiary/aromatic N) is 1. The summed E-state index contributed by atoms with van der Waals surface area (Å²) in [6.07, 6.45) is 16.5. The van der Waals surface area contributed by atoms with Crippen LogP contribution in [0.1, 0.15) is 69.9 Å². The van der Waals surface area contributed by atoms with Crippen molar-refractivity contribution in [3.63, 3.8) is 0 Å². The van der Waals surface area contributed by atoms with Gasteiger partial charge in [-0.1, -0.05) is 55.4 Å². The fourth-order valence-corrected chi connectivity index (χ4v) is 3.94. The largest absolute Gasteiger partial charge is 0.494 e. The van der Waals surface area contributed by atoms with E-state index in [0.29, 0.717) is 5.56 Å². The molecule has 34 heavy (non-hydrogen) atoms. The molecule has 1 aliphatic rings. The first-order valence-electron chi connectivity index (χ1n) is 11.4. The Labute approximate surface area is 202 Å². The van der Waals surface area contributed by atoms with Crippen LogP contribution in [0, 0.1) is 5.41 Å². The standard InChI is InChI=1S/C28H35NO5/c1-19(12-13-23-21(3)11-8-14-28(23,4)5)9-7-10-20(2)15-25(30)34-18-22-16-24(33-6)26(27(31)32)29-17-22/h7,9-10,12-13,15-17H,8,11,14,18H2,1-6H3,(H,31,32)/b10-7+,13-12+,19-9+,20-15+. The minimum atomic E-state index is -1.18. The molecular weight excluding hydrogens is 430 g/mol. The van der Waals surface area contributed by atoms with Crippen LogP contribution in [0.2, 0.25) is 0 Å². The van der Waals surface area contributed by atoms with Gasteiger partial charge in [-0.25, -0.2) is 14.6 Å². The van der Waals surface area contributed by atoms with E-state index >= 15 is 0 Å². The van der Waals surface area contributed by atoms with Gasteiger partial charge < -0.3 is 14.6 Å². The molecule has 1 N–H and O–H groups in total.